The van der Waals surface area contributed by atoms with Crippen LogP contribution < -0.4 is 15.6 Å². The number of H-pyrrole nitrogens is 1. The predicted octanol–water partition coefficient (Wildman–Crippen LogP) is 2.37. The molecule has 2 aliphatic heterocycles. The molecule has 0 radical (unpaired) electrons. The summed E-state index contributed by atoms with van der Waals surface area (Å²) in [5, 5.41) is 0. The van der Waals surface area contributed by atoms with Crippen molar-refractivity contribution in [3.05, 3.63) is 77.4 Å². The molecule has 7 nitrogen and oxygen atoms in total. The van der Waals surface area contributed by atoms with Crippen molar-refractivity contribution in [1.82, 2.24) is 30.7 Å². The zero-order chi connectivity index (χ0) is 20.5. The van der Waals surface area contributed by atoms with Crippen molar-refractivity contribution in [2.45, 2.75) is 18.5 Å². The maximum atomic E-state index is 14.8. The van der Waals surface area contributed by atoms with E-state index in [0.29, 0.717) is 11.3 Å². The highest BCUT2D eigenvalue weighted by atomic mass is 19.1. The number of nitrogens with zero attached hydrogens (tertiary/aromatic N) is 3. The van der Waals surface area contributed by atoms with Crippen molar-refractivity contribution in [1.29, 1.82) is 0 Å². The third-order valence-electron chi connectivity index (χ3n) is 6.13. The van der Waals surface area contributed by atoms with Gasteiger partial charge in [0, 0.05) is 61.7 Å². The molecule has 0 aliphatic carbocycles. The van der Waals surface area contributed by atoms with Crippen LogP contribution in [0.3, 0.4) is 0 Å². The Bertz CT molecular complexity index is 1010. The largest absolute Gasteiger partial charge is 0.497 e. The number of hydrazine groups is 1. The number of halogens is 1. The van der Waals surface area contributed by atoms with Crippen LogP contribution in [0, 0.1) is 11.7 Å². The van der Waals surface area contributed by atoms with Gasteiger partial charge in [0.15, 0.2) is 0 Å². The summed E-state index contributed by atoms with van der Waals surface area (Å²) in [6.07, 6.45) is 6.38. The van der Waals surface area contributed by atoms with Crippen LogP contribution in [0.4, 0.5) is 4.39 Å². The Morgan fingerprint density at radius 3 is 3.03 bits per heavy atom. The molecule has 3 atom stereocenters. The first-order valence-electron chi connectivity index (χ1n) is 10.2. The highest BCUT2D eigenvalue weighted by Gasteiger charge is 2.37. The van der Waals surface area contributed by atoms with Crippen LogP contribution in [0.15, 0.2) is 49.1 Å². The van der Waals surface area contributed by atoms with E-state index in [4.69, 9.17) is 4.74 Å². The van der Waals surface area contributed by atoms with E-state index in [1.54, 1.807) is 19.6 Å². The number of fused-ring (bicyclic) bond motifs is 1. The minimum absolute atomic E-state index is 0.0377. The molecule has 156 valence electrons. The first-order chi connectivity index (χ1) is 14.7. The fourth-order valence-electron chi connectivity index (χ4n) is 4.65. The van der Waals surface area contributed by atoms with E-state index in [1.165, 1.54) is 11.8 Å². The van der Waals surface area contributed by atoms with Gasteiger partial charge in [-0.15, -0.1) is 0 Å². The minimum atomic E-state index is -0.252. The highest BCUT2D eigenvalue weighted by Crippen LogP contribution is 2.36. The zero-order valence-electron chi connectivity index (χ0n) is 16.8. The van der Waals surface area contributed by atoms with Crippen LogP contribution in [-0.4, -0.2) is 46.6 Å². The average molecular weight is 408 g/mol. The van der Waals surface area contributed by atoms with E-state index in [-0.39, 0.29) is 23.8 Å². The van der Waals surface area contributed by atoms with Crippen LogP contribution in [0.2, 0.25) is 0 Å². The van der Waals surface area contributed by atoms with E-state index in [9.17, 15) is 4.39 Å². The molecular weight excluding hydrogens is 383 g/mol. The van der Waals surface area contributed by atoms with Gasteiger partial charge in [-0.1, -0.05) is 12.1 Å². The van der Waals surface area contributed by atoms with Crippen LogP contribution in [0.25, 0.3) is 0 Å². The maximum Gasteiger partial charge on any atom is 0.131 e. The van der Waals surface area contributed by atoms with Crippen molar-refractivity contribution in [3.63, 3.8) is 0 Å². The Hall–Kier alpha value is -2.81. The number of pyridine rings is 1. The Labute approximate surface area is 174 Å². The second-order valence-electron chi connectivity index (χ2n) is 7.85. The quantitative estimate of drug-likeness (QED) is 0.602. The first kappa shape index (κ1) is 19.2. The Morgan fingerprint density at radius 1 is 1.30 bits per heavy atom. The molecule has 3 N–H and O–H groups in total. The summed E-state index contributed by atoms with van der Waals surface area (Å²) >= 11 is 0. The standard InChI is InChI=1S/C22H25FN6O/c1-30-16-4-5-17(18(23)9-16)20-15(11-27-28-20)12-29-8-6-19-21(26-13-25-19)22(29)14-3-2-7-24-10-14/h2-5,7,9-10,13,15,20,22,27-28H,6,8,11-12H2,1H3,(H,25,26). The van der Waals surface area contributed by atoms with Gasteiger partial charge in [-0.3, -0.25) is 15.3 Å². The number of nitrogens with one attached hydrogen (secondary N) is 3. The SMILES string of the molecule is COc1ccc(C2NNCC2CN2CCc3[nH]cnc3C2c2cccnc2)c(F)c1. The molecule has 0 saturated carbocycles. The van der Waals surface area contributed by atoms with Crippen molar-refractivity contribution in [2.24, 2.45) is 5.92 Å². The number of ether oxygens (including phenoxy) is 1. The van der Waals surface area contributed by atoms with Gasteiger partial charge in [0.2, 0.25) is 0 Å². The fourth-order valence-corrected chi connectivity index (χ4v) is 4.65. The molecule has 1 aromatic carbocycles. The van der Waals surface area contributed by atoms with E-state index in [2.05, 4.69) is 36.8 Å². The zero-order valence-corrected chi connectivity index (χ0v) is 16.8. The van der Waals surface area contributed by atoms with Crippen LogP contribution >= 0.6 is 0 Å². The van der Waals surface area contributed by atoms with E-state index in [1.807, 2.05) is 24.4 Å². The molecule has 8 heteroatoms. The van der Waals surface area contributed by atoms with Crippen LogP contribution in [0.1, 0.15) is 34.6 Å². The molecule has 2 aromatic heterocycles. The van der Waals surface area contributed by atoms with Gasteiger partial charge in [0.05, 0.1) is 31.2 Å². The van der Waals surface area contributed by atoms with Crippen molar-refractivity contribution >= 4 is 0 Å². The molecule has 5 rings (SSSR count). The molecule has 0 amide bonds. The summed E-state index contributed by atoms with van der Waals surface area (Å²) in [6.45, 7) is 2.48. The van der Waals surface area contributed by atoms with E-state index >= 15 is 0 Å². The second kappa shape index (κ2) is 8.14. The lowest BCUT2D eigenvalue weighted by molar-refractivity contribution is 0.172. The number of aromatic amines is 1. The molecule has 1 saturated heterocycles. The maximum absolute atomic E-state index is 14.8. The Morgan fingerprint density at radius 2 is 2.23 bits per heavy atom. The Balaban J connectivity index is 1.42. The summed E-state index contributed by atoms with van der Waals surface area (Å²) in [5.74, 6) is 0.475. The molecule has 3 aromatic rings. The number of hydrogen-bond donors (Lipinski definition) is 3. The van der Waals surface area contributed by atoms with Crippen molar-refractivity contribution in [3.8, 4) is 5.75 Å². The summed E-state index contributed by atoms with van der Waals surface area (Å²) in [4.78, 5) is 14.7. The smallest absolute Gasteiger partial charge is 0.131 e. The fraction of sp³-hybridized carbons (Fsp3) is 0.364. The number of rotatable bonds is 5. The minimum Gasteiger partial charge on any atom is -0.497 e. The third kappa shape index (κ3) is 3.47. The molecule has 2 aliphatic rings. The van der Waals surface area contributed by atoms with Gasteiger partial charge < -0.3 is 9.72 Å². The van der Waals surface area contributed by atoms with Crippen LogP contribution in [-0.2, 0) is 6.42 Å². The normalized spacial score (nSPS) is 24.0. The third-order valence-corrected chi connectivity index (χ3v) is 6.13. The highest BCUT2D eigenvalue weighted by molar-refractivity contribution is 5.33. The number of imidazole rings is 1. The lowest BCUT2D eigenvalue weighted by Crippen LogP contribution is -2.41. The van der Waals surface area contributed by atoms with Gasteiger partial charge in [0.25, 0.3) is 0 Å². The molecular formula is C22H25FN6O. The Kier molecular flexibility index (Phi) is 5.20. The summed E-state index contributed by atoms with van der Waals surface area (Å²) in [7, 11) is 1.55. The van der Waals surface area contributed by atoms with Crippen LogP contribution in [0.5, 0.6) is 5.75 Å². The molecule has 4 heterocycles. The van der Waals surface area contributed by atoms with E-state index < -0.39 is 0 Å². The number of benzene rings is 1. The number of methoxy groups -OCH3 is 1. The molecule has 0 spiro atoms. The predicted molar refractivity (Wildman–Crippen MR) is 110 cm³/mol. The lowest BCUT2D eigenvalue weighted by Gasteiger charge is -2.37. The summed E-state index contributed by atoms with van der Waals surface area (Å²) in [5.41, 5.74) is 10.5. The number of aromatic nitrogens is 3. The van der Waals surface area contributed by atoms with Gasteiger partial charge in [-0.2, -0.15) is 0 Å². The van der Waals surface area contributed by atoms with Crippen molar-refractivity contribution < 1.29 is 9.13 Å². The first-order valence-corrected chi connectivity index (χ1v) is 10.2. The lowest BCUT2D eigenvalue weighted by atomic mass is 9.90. The monoisotopic (exact) mass is 408 g/mol. The van der Waals surface area contributed by atoms with Gasteiger partial charge in [0.1, 0.15) is 11.6 Å². The molecule has 3 unspecified atom stereocenters. The molecule has 1 fully saturated rings. The van der Waals surface area contributed by atoms with Gasteiger partial charge in [-0.25, -0.2) is 14.8 Å². The summed E-state index contributed by atoms with van der Waals surface area (Å²) in [6, 6.07) is 9.05. The molecule has 30 heavy (non-hydrogen) atoms. The average Bonchev–Trinajstić information content (AvgIpc) is 3.43. The topological polar surface area (TPSA) is 78.1 Å². The van der Waals surface area contributed by atoms with Crippen molar-refractivity contribution in [2.75, 3.05) is 26.7 Å². The molecule has 0 bridgehead atoms. The second-order valence-corrected chi connectivity index (χ2v) is 7.85. The van der Waals surface area contributed by atoms with Gasteiger partial charge >= 0.3 is 0 Å². The number of hydrogen-bond acceptors (Lipinski definition) is 6. The summed E-state index contributed by atoms with van der Waals surface area (Å²) < 4.78 is 19.9. The van der Waals surface area contributed by atoms with Gasteiger partial charge in [-0.05, 0) is 17.7 Å². The van der Waals surface area contributed by atoms with E-state index in [0.717, 1.165) is 37.3 Å².